The molecule has 0 bridgehead atoms. The Morgan fingerprint density at radius 3 is 2.57 bits per heavy atom. The van der Waals surface area contributed by atoms with Crippen LogP contribution in [0, 0.1) is 12.8 Å². The van der Waals surface area contributed by atoms with Crippen molar-refractivity contribution in [2.75, 3.05) is 26.2 Å². The van der Waals surface area contributed by atoms with E-state index in [-0.39, 0.29) is 12.1 Å². The molecule has 0 radical (unpaired) electrons. The molecule has 0 saturated carbocycles. The predicted molar refractivity (Wildman–Crippen MR) is 116 cm³/mol. The second kappa shape index (κ2) is 11.9. The van der Waals surface area contributed by atoms with Gasteiger partial charge in [0.2, 0.25) is 0 Å². The molecular formula is C24H38N2O2. The van der Waals surface area contributed by atoms with Crippen LogP contribution in [0.3, 0.4) is 0 Å². The van der Waals surface area contributed by atoms with E-state index >= 15 is 0 Å². The van der Waals surface area contributed by atoms with Crippen LogP contribution in [0.4, 0.5) is 4.79 Å². The van der Waals surface area contributed by atoms with Gasteiger partial charge in [-0.15, -0.1) is 6.58 Å². The zero-order valence-electron chi connectivity index (χ0n) is 18.0. The largest absolute Gasteiger partial charge is 0.445 e. The highest BCUT2D eigenvalue weighted by Crippen LogP contribution is 2.20. The van der Waals surface area contributed by atoms with Gasteiger partial charge in [-0.1, -0.05) is 62.6 Å². The monoisotopic (exact) mass is 386 g/mol. The molecule has 0 aromatic heterocycles. The first kappa shape index (κ1) is 22.5. The summed E-state index contributed by atoms with van der Waals surface area (Å²) in [5, 5.41) is 0. The summed E-state index contributed by atoms with van der Waals surface area (Å²) in [5.74, 6) is 0.803. The number of hydrogen-bond acceptors (Lipinski definition) is 3. The number of hydrogen-bond donors (Lipinski definition) is 0. The van der Waals surface area contributed by atoms with Gasteiger partial charge in [-0.2, -0.15) is 0 Å². The SMILES string of the molecule is C=CCN(C(=O)OCc1ccc(C)cc1)C1CCN(CCC(C)CCC)CC1. The molecule has 1 unspecified atom stereocenters. The van der Waals surface area contributed by atoms with Gasteiger partial charge in [0.25, 0.3) is 0 Å². The number of aryl methyl sites for hydroxylation is 1. The molecule has 1 aromatic carbocycles. The Bertz CT molecular complexity index is 591. The normalized spacial score (nSPS) is 16.5. The third-order valence-electron chi connectivity index (χ3n) is 5.76. The van der Waals surface area contributed by atoms with Crippen LogP contribution in [-0.4, -0.2) is 48.1 Å². The summed E-state index contributed by atoms with van der Waals surface area (Å²) in [6.07, 6.45) is 7.45. The minimum absolute atomic E-state index is 0.226. The minimum atomic E-state index is -0.226. The van der Waals surface area contributed by atoms with Crippen molar-refractivity contribution in [2.24, 2.45) is 5.92 Å². The Morgan fingerprint density at radius 2 is 1.96 bits per heavy atom. The number of piperidine rings is 1. The average molecular weight is 387 g/mol. The van der Waals surface area contributed by atoms with Crippen molar-refractivity contribution in [1.29, 1.82) is 0 Å². The lowest BCUT2D eigenvalue weighted by Gasteiger charge is -2.37. The molecule has 2 rings (SSSR count). The maximum absolute atomic E-state index is 12.7. The number of rotatable bonds is 10. The van der Waals surface area contributed by atoms with Gasteiger partial charge in [-0.25, -0.2) is 4.79 Å². The van der Waals surface area contributed by atoms with Crippen LogP contribution in [-0.2, 0) is 11.3 Å². The molecule has 0 aliphatic carbocycles. The molecule has 1 atom stereocenters. The molecule has 4 heteroatoms. The summed E-state index contributed by atoms with van der Waals surface area (Å²) < 4.78 is 5.59. The molecule has 0 N–H and O–H groups in total. The number of carbonyl (C=O) groups excluding carboxylic acids is 1. The lowest BCUT2D eigenvalue weighted by Crippen LogP contribution is -2.47. The van der Waals surface area contributed by atoms with Crippen molar-refractivity contribution < 1.29 is 9.53 Å². The van der Waals surface area contributed by atoms with Crippen molar-refractivity contribution in [2.45, 2.75) is 65.5 Å². The smallest absolute Gasteiger partial charge is 0.410 e. The maximum Gasteiger partial charge on any atom is 0.410 e. The third-order valence-corrected chi connectivity index (χ3v) is 5.76. The van der Waals surface area contributed by atoms with Gasteiger partial charge in [0.15, 0.2) is 0 Å². The Balaban J connectivity index is 1.80. The lowest BCUT2D eigenvalue weighted by atomic mass is 9.99. The zero-order chi connectivity index (χ0) is 20.4. The van der Waals surface area contributed by atoms with E-state index in [1.54, 1.807) is 6.08 Å². The predicted octanol–water partition coefficient (Wildman–Crippen LogP) is 5.41. The highest BCUT2D eigenvalue weighted by molar-refractivity contribution is 5.68. The van der Waals surface area contributed by atoms with E-state index in [2.05, 4.69) is 32.3 Å². The highest BCUT2D eigenvalue weighted by Gasteiger charge is 2.28. The van der Waals surface area contributed by atoms with Gasteiger partial charge in [0.05, 0.1) is 0 Å². The lowest BCUT2D eigenvalue weighted by molar-refractivity contribution is 0.0652. The molecule has 0 spiro atoms. The van der Waals surface area contributed by atoms with Crippen molar-refractivity contribution in [3.63, 3.8) is 0 Å². The first-order valence-corrected chi connectivity index (χ1v) is 10.9. The van der Waals surface area contributed by atoms with Crippen LogP contribution in [0.2, 0.25) is 0 Å². The Labute approximate surface area is 171 Å². The van der Waals surface area contributed by atoms with Gasteiger partial charge in [0, 0.05) is 25.7 Å². The number of benzene rings is 1. The fourth-order valence-corrected chi connectivity index (χ4v) is 3.92. The summed E-state index contributed by atoms with van der Waals surface area (Å²) in [5.41, 5.74) is 2.23. The van der Waals surface area contributed by atoms with Gasteiger partial charge in [-0.3, -0.25) is 0 Å². The highest BCUT2D eigenvalue weighted by atomic mass is 16.6. The van der Waals surface area contributed by atoms with Crippen LogP contribution in [0.1, 0.15) is 57.1 Å². The van der Waals surface area contributed by atoms with Crippen LogP contribution < -0.4 is 0 Å². The van der Waals surface area contributed by atoms with E-state index in [1.807, 2.05) is 29.2 Å². The molecule has 28 heavy (non-hydrogen) atoms. The molecule has 1 heterocycles. The van der Waals surface area contributed by atoms with Crippen LogP contribution in [0.25, 0.3) is 0 Å². The Morgan fingerprint density at radius 1 is 1.29 bits per heavy atom. The van der Waals surface area contributed by atoms with E-state index in [4.69, 9.17) is 4.74 Å². The van der Waals surface area contributed by atoms with Crippen molar-refractivity contribution in [3.05, 3.63) is 48.0 Å². The first-order valence-electron chi connectivity index (χ1n) is 10.9. The second-order valence-corrected chi connectivity index (χ2v) is 8.24. The van der Waals surface area contributed by atoms with Gasteiger partial charge in [-0.05, 0) is 44.2 Å². The molecule has 1 fully saturated rings. The van der Waals surface area contributed by atoms with Gasteiger partial charge in [0.1, 0.15) is 6.61 Å². The fourth-order valence-electron chi connectivity index (χ4n) is 3.92. The topological polar surface area (TPSA) is 32.8 Å². The quantitative estimate of drug-likeness (QED) is 0.504. The van der Waals surface area contributed by atoms with Gasteiger partial charge >= 0.3 is 6.09 Å². The summed E-state index contributed by atoms with van der Waals surface area (Å²) in [6.45, 7) is 14.6. The number of ether oxygens (including phenoxy) is 1. The Hall–Kier alpha value is -1.81. The van der Waals surface area contributed by atoms with Crippen molar-refractivity contribution in [3.8, 4) is 0 Å². The number of likely N-dealkylation sites (tertiary alicyclic amines) is 1. The van der Waals surface area contributed by atoms with Crippen LogP contribution >= 0.6 is 0 Å². The van der Waals surface area contributed by atoms with Crippen molar-refractivity contribution >= 4 is 6.09 Å². The van der Waals surface area contributed by atoms with Crippen LogP contribution in [0.15, 0.2) is 36.9 Å². The number of nitrogens with zero attached hydrogens (tertiary/aromatic N) is 2. The van der Waals surface area contributed by atoms with E-state index in [9.17, 15) is 4.79 Å². The molecular weight excluding hydrogens is 348 g/mol. The van der Waals surface area contributed by atoms with E-state index in [0.29, 0.717) is 13.2 Å². The maximum atomic E-state index is 12.7. The van der Waals surface area contributed by atoms with E-state index in [1.165, 1.54) is 31.4 Å². The fraction of sp³-hybridized carbons (Fsp3) is 0.625. The van der Waals surface area contributed by atoms with Gasteiger partial charge < -0.3 is 14.5 Å². The first-order chi connectivity index (χ1) is 13.5. The third kappa shape index (κ3) is 7.31. The summed E-state index contributed by atoms with van der Waals surface area (Å²) in [7, 11) is 0. The zero-order valence-corrected chi connectivity index (χ0v) is 18.0. The van der Waals surface area contributed by atoms with E-state index in [0.717, 1.165) is 37.4 Å². The van der Waals surface area contributed by atoms with Crippen LogP contribution in [0.5, 0.6) is 0 Å². The summed E-state index contributed by atoms with van der Waals surface area (Å²) >= 11 is 0. The standard InChI is InChI=1S/C24H38N2O2/c1-5-7-20(3)12-16-25-17-13-23(14-18-25)26(15-6-2)24(27)28-19-22-10-8-21(4)9-11-22/h6,8-11,20,23H,2,5,7,12-19H2,1,3-4H3. The average Bonchev–Trinajstić information content (AvgIpc) is 2.70. The second-order valence-electron chi connectivity index (χ2n) is 8.24. The molecule has 156 valence electrons. The molecule has 1 aliphatic rings. The molecule has 1 amide bonds. The summed E-state index contributed by atoms with van der Waals surface area (Å²) in [4.78, 5) is 17.1. The minimum Gasteiger partial charge on any atom is -0.445 e. The number of amides is 1. The summed E-state index contributed by atoms with van der Waals surface area (Å²) in [6, 6.07) is 8.35. The van der Waals surface area contributed by atoms with E-state index < -0.39 is 0 Å². The van der Waals surface area contributed by atoms with Crippen molar-refractivity contribution in [1.82, 2.24) is 9.80 Å². The molecule has 1 aromatic rings. The molecule has 4 nitrogen and oxygen atoms in total. The molecule has 1 saturated heterocycles. The number of carbonyl (C=O) groups is 1. The Kier molecular flexibility index (Phi) is 9.56. The molecule has 1 aliphatic heterocycles.